The lowest BCUT2D eigenvalue weighted by atomic mass is 9.85. The van der Waals surface area contributed by atoms with Crippen LogP contribution in [0.2, 0.25) is 0 Å². The van der Waals surface area contributed by atoms with Gasteiger partial charge in [0.2, 0.25) is 0 Å². The molecular weight excluding hydrogens is 773 g/mol. The Morgan fingerprint density at radius 2 is 1.50 bits per heavy atom. The molecule has 0 saturated carbocycles. The zero-order valence-corrected chi connectivity index (χ0v) is 34.1. The number of rotatable bonds is 23. The monoisotopic (exact) mass is 824 g/mol. The summed E-state index contributed by atoms with van der Waals surface area (Å²) in [7, 11) is 4.85. The molecule has 14 heteroatoms. The number of ether oxygens (including phenoxy) is 8. The Bertz CT molecular complexity index is 2110. The third kappa shape index (κ3) is 12.4. The van der Waals surface area contributed by atoms with Crippen LogP contribution in [-0.2, 0) is 48.3 Å². The van der Waals surface area contributed by atoms with Crippen molar-refractivity contribution in [2.24, 2.45) is 0 Å². The topological polar surface area (TPSA) is 155 Å². The van der Waals surface area contributed by atoms with Gasteiger partial charge in [0.25, 0.3) is 5.09 Å². The summed E-state index contributed by atoms with van der Waals surface area (Å²) >= 11 is 0. The van der Waals surface area contributed by atoms with Crippen molar-refractivity contribution in [2.45, 2.75) is 50.5 Å². The van der Waals surface area contributed by atoms with E-state index in [1.54, 1.807) is 26.4 Å². The standard InChI is InChI=1S/C46H52N2O12/c1-52-30-39(60-46(49)35-15-13-32(14-16-35)28-59-48(50)51)31-58-44-26-47-25-43(57-27-33-23-36-9-4-6-11-40(36)42(24-33)54-3)45(44)34-17-19-38(20-18-34)56-22-8-21-55-29-37-10-5-7-12-41(37)53-2/h4-7,9-20,23-24,39,43-45,47H,8,21-22,25-31H2,1-3H3. The van der Waals surface area contributed by atoms with E-state index in [2.05, 4.69) is 22.3 Å². The highest BCUT2D eigenvalue weighted by Crippen LogP contribution is 2.34. The molecule has 6 rings (SSSR count). The summed E-state index contributed by atoms with van der Waals surface area (Å²) in [4.78, 5) is 28.1. The van der Waals surface area contributed by atoms with E-state index in [-0.39, 0.29) is 43.5 Å². The molecule has 1 saturated heterocycles. The molecule has 318 valence electrons. The zero-order chi connectivity index (χ0) is 42.1. The van der Waals surface area contributed by atoms with Crippen LogP contribution in [0.5, 0.6) is 17.2 Å². The van der Waals surface area contributed by atoms with Gasteiger partial charge in [0.15, 0.2) is 0 Å². The Morgan fingerprint density at radius 3 is 2.25 bits per heavy atom. The summed E-state index contributed by atoms with van der Waals surface area (Å²) < 4.78 is 47.6. The van der Waals surface area contributed by atoms with Gasteiger partial charge in [-0.1, -0.05) is 66.7 Å². The molecule has 0 aliphatic carbocycles. The molecule has 0 amide bonds. The predicted octanol–water partition coefficient (Wildman–Crippen LogP) is 7.08. The summed E-state index contributed by atoms with van der Waals surface area (Å²) in [6.07, 6.45) is -0.648. The molecule has 60 heavy (non-hydrogen) atoms. The first-order chi connectivity index (χ1) is 29.3. The molecule has 0 bridgehead atoms. The SMILES string of the molecule is COCC(COC1CNCC(OCc2cc(OC)c3ccccc3c2)C1c1ccc(OCCCOCc2ccccc2OC)cc1)OC(=O)c1ccc(CO[N+](=O)[O-])cc1. The minimum absolute atomic E-state index is 0.0616. The van der Waals surface area contributed by atoms with Crippen LogP contribution in [0.1, 0.15) is 45.0 Å². The molecule has 5 aromatic carbocycles. The van der Waals surface area contributed by atoms with Crippen LogP contribution in [-0.4, -0.2) is 90.2 Å². The van der Waals surface area contributed by atoms with Crippen molar-refractivity contribution in [3.8, 4) is 17.2 Å². The summed E-state index contributed by atoms with van der Waals surface area (Å²) in [6, 6.07) is 34.2. The fourth-order valence-electron chi connectivity index (χ4n) is 7.16. The van der Waals surface area contributed by atoms with Gasteiger partial charge in [0.05, 0.1) is 71.6 Å². The summed E-state index contributed by atoms with van der Waals surface area (Å²) in [5.41, 5.74) is 3.81. The molecule has 4 unspecified atom stereocenters. The number of esters is 1. The van der Waals surface area contributed by atoms with Crippen molar-refractivity contribution in [3.05, 3.63) is 147 Å². The van der Waals surface area contributed by atoms with Gasteiger partial charge in [-0.25, -0.2) is 4.79 Å². The molecule has 0 aromatic heterocycles. The normalized spacial score (nSPS) is 16.8. The first-order valence-corrected chi connectivity index (χ1v) is 19.8. The van der Waals surface area contributed by atoms with Crippen molar-refractivity contribution < 1.29 is 52.6 Å². The van der Waals surface area contributed by atoms with Crippen LogP contribution >= 0.6 is 0 Å². The van der Waals surface area contributed by atoms with Gasteiger partial charge in [-0.05, 0) is 64.5 Å². The molecule has 5 aromatic rings. The van der Waals surface area contributed by atoms with E-state index in [1.165, 1.54) is 19.2 Å². The lowest BCUT2D eigenvalue weighted by Crippen LogP contribution is -2.51. The maximum absolute atomic E-state index is 13.1. The van der Waals surface area contributed by atoms with Crippen molar-refractivity contribution in [1.82, 2.24) is 5.32 Å². The van der Waals surface area contributed by atoms with E-state index in [1.807, 2.05) is 72.8 Å². The van der Waals surface area contributed by atoms with Crippen molar-refractivity contribution in [1.29, 1.82) is 0 Å². The zero-order valence-electron chi connectivity index (χ0n) is 34.1. The van der Waals surface area contributed by atoms with Crippen molar-refractivity contribution in [3.63, 3.8) is 0 Å². The van der Waals surface area contributed by atoms with Crippen LogP contribution in [0.25, 0.3) is 10.8 Å². The van der Waals surface area contributed by atoms with Crippen molar-refractivity contribution >= 4 is 16.7 Å². The van der Waals surface area contributed by atoms with E-state index in [9.17, 15) is 14.9 Å². The van der Waals surface area contributed by atoms with Gasteiger partial charge in [0.1, 0.15) is 30.0 Å². The summed E-state index contributed by atoms with van der Waals surface area (Å²) in [5.74, 6) is 1.55. The molecule has 14 nitrogen and oxygen atoms in total. The number of nitrogens with zero attached hydrogens (tertiary/aromatic N) is 1. The van der Waals surface area contributed by atoms with Crippen LogP contribution in [0.4, 0.5) is 0 Å². The second kappa shape index (κ2) is 22.6. The fraction of sp³-hybridized carbons (Fsp3) is 0.370. The lowest BCUT2D eigenvalue weighted by molar-refractivity contribution is -0.763. The number of hydrogen-bond acceptors (Lipinski definition) is 13. The van der Waals surface area contributed by atoms with Gasteiger partial charge >= 0.3 is 5.97 Å². The van der Waals surface area contributed by atoms with Crippen LogP contribution in [0.3, 0.4) is 0 Å². The van der Waals surface area contributed by atoms with Crippen LogP contribution in [0.15, 0.2) is 109 Å². The number of methoxy groups -OCH3 is 3. The Hall–Kier alpha value is -5.77. The van der Waals surface area contributed by atoms with E-state index in [4.69, 9.17) is 37.9 Å². The highest BCUT2D eigenvalue weighted by Gasteiger charge is 2.37. The predicted molar refractivity (Wildman–Crippen MR) is 223 cm³/mol. The third-order valence-electron chi connectivity index (χ3n) is 10.1. The maximum Gasteiger partial charge on any atom is 0.338 e. The Morgan fingerprint density at radius 1 is 0.767 bits per heavy atom. The molecule has 1 aliphatic heterocycles. The van der Waals surface area contributed by atoms with Gasteiger partial charge in [-0.3, -0.25) is 0 Å². The van der Waals surface area contributed by atoms with Gasteiger partial charge in [0, 0.05) is 43.5 Å². The average molecular weight is 825 g/mol. The highest BCUT2D eigenvalue weighted by molar-refractivity contribution is 5.90. The second-order valence-electron chi connectivity index (χ2n) is 14.2. The van der Waals surface area contributed by atoms with E-state index in [0.717, 1.165) is 44.7 Å². The smallest absolute Gasteiger partial charge is 0.338 e. The summed E-state index contributed by atoms with van der Waals surface area (Å²) in [5, 5.41) is 15.3. The third-order valence-corrected chi connectivity index (χ3v) is 10.1. The molecule has 0 spiro atoms. The number of hydrogen-bond donors (Lipinski definition) is 1. The molecule has 1 fully saturated rings. The number of benzene rings is 5. The highest BCUT2D eigenvalue weighted by atomic mass is 16.9. The Labute approximate surface area is 349 Å². The van der Waals surface area contributed by atoms with E-state index < -0.39 is 17.2 Å². The molecular formula is C46H52N2O12. The van der Waals surface area contributed by atoms with Crippen LogP contribution in [0, 0.1) is 10.1 Å². The average Bonchev–Trinajstić information content (AvgIpc) is 3.28. The number of para-hydroxylation sites is 1. The minimum atomic E-state index is -0.865. The number of fused-ring (bicyclic) bond motifs is 1. The Kier molecular flexibility index (Phi) is 16.5. The first-order valence-electron chi connectivity index (χ1n) is 19.8. The lowest BCUT2D eigenvalue weighted by Gasteiger charge is -2.39. The number of carbonyl (C=O) groups is 1. The minimum Gasteiger partial charge on any atom is -0.496 e. The van der Waals surface area contributed by atoms with Gasteiger partial charge in [-0.2, -0.15) is 0 Å². The van der Waals surface area contributed by atoms with E-state index in [0.29, 0.717) is 51.5 Å². The molecule has 1 N–H and O–H groups in total. The molecule has 1 heterocycles. The fourth-order valence-corrected chi connectivity index (χ4v) is 7.16. The quantitative estimate of drug-likeness (QED) is 0.0309. The van der Waals surface area contributed by atoms with E-state index >= 15 is 0 Å². The second-order valence-corrected chi connectivity index (χ2v) is 14.2. The van der Waals surface area contributed by atoms with Gasteiger partial charge < -0.3 is 48.0 Å². The summed E-state index contributed by atoms with van der Waals surface area (Å²) in [6.45, 7) is 2.90. The first kappa shape index (κ1) is 43.8. The number of carbonyl (C=O) groups excluding carboxylic acids is 1. The maximum atomic E-state index is 13.1. The Balaban J connectivity index is 1.11. The number of piperidine rings is 1. The van der Waals surface area contributed by atoms with Crippen molar-refractivity contribution in [2.75, 3.05) is 60.8 Å². The number of nitrogens with one attached hydrogen (secondary N) is 1. The van der Waals surface area contributed by atoms with Gasteiger partial charge in [-0.15, -0.1) is 10.1 Å². The molecule has 0 radical (unpaired) electrons. The van der Waals surface area contributed by atoms with Crippen LogP contribution < -0.4 is 19.5 Å². The largest absolute Gasteiger partial charge is 0.496 e. The molecule has 4 atom stereocenters. The molecule has 1 aliphatic rings.